The van der Waals surface area contributed by atoms with E-state index in [9.17, 15) is 14.4 Å². The first-order valence-corrected chi connectivity index (χ1v) is 9.49. The van der Waals surface area contributed by atoms with Gasteiger partial charge in [0.15, 0.2) is 18.1 Å². The molecule has 0 aromatic heterocycles. The molecule has 1 amide bonds. The zero-order valence-corrected chi connectivity index (χ0v) is 17.2. The van der Waals surface area contributed by atoms with Crippen LogP contribution in [0.4, 0.5) is 0 Å². The fourth-order valence-corrected chi connectivity index (χ4v) is 2.52. The van der Waals surface area contributed by atoms with Crippen LogP contribution in [0.1, 0.15) is 40.1 Å². The lowest BCUT2D eigenvalue weighted by atomic mass is 10.1. The molecule has 0 aliphatic rings. The molecule has 2 aromatic rings. The molecule has 30 heavy (non-hydrogen) atoms. The van der Waals surface area contributed by atoms with Gasteiger partial charge in [-0.3, -0.25) is 4.79 Å². The minimum Gasteiger partial charge on any atom is -0.490 e. The number of benzene rings is 2. The molecule has 0 bridgehead atoms. The summed E-state index contributed by atoms with van der Waals surface area (Å²) in [5.74, 6) is -0.548. The van der Waals surface area contributed by atoms with Crippen LogP contribution in [0.15, 0.2) is 42.5 Å². The molecule has 0 heterocycles. The zero-order valence-electron chi connectivity index (χ0n) is 17.2. The van der Waals surface area contributed by atoms with E-state index in [0.717, 1.165) is 5.56 Å². The molecule has 8 heteroatoms. The lowest BCUT2D eigenvalue weighted by Gasteiger charge is -2.12. The van der Waals surface area contributed by atoms with E-state index in [1.807, 2.05) is 13.8 Å². The molecule has 2 rings (SSSR count). The van der Waals surface area contributed by atoms with Crippen molar-refractivity contribution in [2.24, 2.45) is 0 Å². The van der Waals surface area contributed by atoms with Gasteiger partial charge >= 0.3 is 11.9 Å². The average Bonchev–Trinajstić information content (AvgIpc) is 2.77. The van der Waals surface area contributed by atoms with Crippen LogP contribution in [0.2, 0.25) is 0 Å². The molecule has 0 spiro atoms. The number of amides is 1. The maximum atomic E-state index is 12.2. The normalized spacial score (nSPS) is 10.1. The van der Waals surface area contributed by atoms with E-state index in [-0.39, 0.29) is 12.1 Å². The highest BCUT2D eigenvalue weighted by Crippen LogP contribution is 2.28. The van der Waals surface area contributed by atoms with Crippen molar-refractivity contribution in [3.63, 3.8) is 0 Å². The molecule has 160 valence electrons. The van der Waals surface area contributed by atoms with Crippen molar-refractivity contribution >= 4 is 17.8 Å². The number of ether oxygens (including phenoxy) is 4. The second-order valence-electron chi connectivity index (χ2n) is 6.07. The monoisotopic (exact) mass is 415 g/mol. The van der Waals surface area contributed by atoms with Crippen LogP contribution in [0.25, 0.3) is 0 Å². The van der Waals surface area contributed by atoms with E-state index >= 15 is 0 Å². The SMILES string of the molecule is CCOc1ccc(C(=O)OCC(=O)NCc2ccc(C(=O)OC)cc2)cc1OCC. The van der Waals surface area contributed by atoms with E-state index in [1.165, 1.54) is 13.2 Å². The molecule has 0 unspecified atom stereocenters. The number of nitrogens with one attached hydrogen (secondary N) is 1. The predicted molar refractivity (Wildman–Crippen MR) is 109 cm³/mol. The number of methoxy groups -OCH3 is 1. The van der Waals surface area contributed by atoms with Gasteiger partial charge in [0.05, 0.1) is 31.5 Å². The van der Waals surface area contributed by atoms with E-state index in [0.29, 0.717) is 30.3 Å². The first-order chi connectivity index (χ1) is 14.5. The summed E-state index contributed by atoms with van der Waals surface area (Å²) in [6, 6.07) is 11.3. The molecular formula is C22H25NO7. The van der Waals surface area contributed by atoms with Gasteiger partial charge in [-0.2, -0.15) is 0 Å². The number of rotatable bonds is 10. The minimum absolute atomic E-state index is 0.232. The summed E-state index contributed by atoms with van der Waals surface area (Å²) in [4.78, 5) is 35.6. The van der Waals surface area contributed by atoms with Crippen LogP contribution in [-0.2, 0) is 20.8 Å². The lowest BCUT2D eigenvalue weighted by Crippen LogP contribution is -2.28. The van der Waals surface area contributed by atoms with Crippen molar-refractivity contribution in [3.05, 3.63) is 59.2 Å². The Bertz CT molecular complexity index is 878. The van der Waals surface area contributed by atoms with Gasteiger partial charge in [-0.25, -0.2) is 9.59 Å². The van der Waals surface area contributed by atoms with Gasteiger partial charge < -0.3 is 24.3 Å². The Morgan fingerprint density at radius 1 is 0.833 bits per heavy atom. The van der Waals surface area contributed by atoms with E-state index in [4.69, 9.17) is 14.2 Å². The van der Waals surface area contributed by atoms with Crippen LogP contribution in [-0.4, -0.2) is 44.8 Å². The third kappa shape index (κ3) is 6.51. The summed E-state index contributed by atoms with van der Waals surface area (Å²) in [5.41, 5.74) is 1.46. The van der Waals surface area contributed by atoms with Crippen molar-refractivity contribution < 1.29 is 33.3 Å². The first kappa shape index (κ1) is 22.7. The maximum Gasteiger partial charge on any atom is 0.338 e. The Labute approximate surface area is 175 Å². The van der Waals surface area contributed by atoms with Gasteiger partial charge in [-0.05, 0) is 49.7 Å². The zero-order chi connectivity index (χ0) is 21.9. The second-order valence-corrected chi connectivity index (χ2v) is 6.07. The molecule has 0 aliphatic heterocycles. The van der Waals surface area contributed by atoms with E-state index in [2.05, 4.69) is 10.1 Å². The smallest absolute Gasteiger partial charge is 0.338 e. The summed E-state index contributed by atoms with van der Waals surface area (Å²) in [7, 11) is 1.31. The summed E-state index contributed by atoms with van der Waals surface area (Å²) in [6.07, 6.45) is 0. The van der Waals surface area contributed by atoms with Gasteiger partial charge in [-0.1, -0.05) is 12.1 Å². The molecule has 0 saturated carbocycles. The van der Waals surface area contributed by atoms with E-state index < -0.39 is 24.5 Å². The number of carbonyl (C=O) groups is 3. The minimum atomic E-state index is -0.642. The third-order valence-corrected chi connectivity index (χ3v) is 3.98. The van der Waals surface area contributed by atoms with Crippen LogP contribution >= 0.6 is 0 Å². The molecule has 0 saturated heterocycles. The van der Waals surface area contributed by atoms with Crippen LogP contribution in [0, 0.1) is 0 Å². The summed E-state index contributed by atoms with van der Waals surface area (Å²) < 4.78 is 20.6. The van der Waals surface area contributed by atoms with Gasteiger partial charge in [0.1, 0.15) is 0 Å². The summed E-state index contributed by atoms with van der Waals surface area (Å²) in [5, 5.41) is 2.65. The molecular weight excluding hydrogens is 390 g/mol. The highest BCUT2D eigenvalue weighted by atomic mass is 16.5. The Morgan fingerprint density at radius 2 is 1.47 bits per heavy atom. The topological polar surface area (TPSA) is 100 Å². The third-order valence-electron chi connectivity index (χ3n) is 3.98. The van der Waals surface area contributed by atoms with Crippen molar-refractivity contribution in [2.45, 2.75) is 20.4 Å². The quantitative estimate of drug-likeness (QED) is 0.596. The second kappa shape index (κ2) is 11.5. The van der Waals surface area contributed by atoms with Gasteiger partial charge in [-0.15, -0.1) is 0 Å². The molecule has 8 nitrogen and oxygen atoms in total. The standard InChI is InChI=1S/C22H25NO7/c1-4-28-18-11-10-17(12-19(18)29-5-2)22(26)30-14-20(24)23-13-15-6-8-16(9-7-15)21(25)27-3/h6-12H,4-5,13-14H2,1-3H3,(H,23,24). The highest BCUT2D eigenvalue weighted by molar-refractivity contribution is 5.92. The fourth-order valence-electron chi connectivity index (χ4n) is 2.52. The summed E-state index contributed by atoms with van der Waals surface area (Å²) in [6.45, 7) is 4.38. The Morgan fingerprint density at radius 3 is 2.10 bits per heavy atom. The van der Waals surface area contributed by atoms with Gasteiger partial charge in [0, 0.05) is 6.54 Å². The lowest BCUT2D eigenvalue weighted by molar-refractivity contribution is -0.124. The van der Waals surface area contributed by atoms with Crippen LogP contribution < -0.4 is 14.8 Å². The molecule has 0 aliphatic carbocycles. The van der Waals surface area contributed by atoms with Crippen LogP contribution in [0.5, 0.6) is 11.5 Å². The number of esters is 2. The Balaban J connectivity index is 1.86. The summed E-state index contributed by atoms with van der Waals surface area (Å²) >= 11 is 0. The molecule has 0 atom stereocenters. The fraction of sp³-hybridized carbons (Fsp3) is 0.318. The molecule has 2 aromatic carbocycles. The number of hydrogen-bond acceptors (Lipinski definition) is 7. The largest absolute Gasteiger partial charge is 0.490 e. The van der Waals surface area contributed by atoms with E-state index in [1.54, 1.807) is 36.4 Å². The molecule has 1 N–H and O–H groups in total. The first-order valence-electron chi connectivity index (χ1n) is 9.49. The Hall–Kier alpha value is -3.55. The van der Waals surface area contributed by atoms with Crippen molar-refractivity contribution in [3.8, 4) is 11.5 Å². The van der Waals surface area contributed by atoms with Crippen LogP contribution in [0.3, 0.4) is 0 Å². The van der Waals surface area contributed by atoms with Gasteiger partial charge in [0.25, 0.3) is 5.91 Å². The molecule has 0 radical (unpaired) electrons. The molecule has 0 fully saturated rings. The van der Waals surface area contributed by atoms with Gasteiger partial charge in [0.2, 0.25) is 0 Å². The Kier molecular flexibility index (Phi) is 8.68. The maximum absolute atomic E-state index is 12.2. The average molecular weight is 415 g/mol. The number of hydrogen-bond donors (Lipinski definition) is 1. The highest BCUT2D eigenvalue weighted by Gasteiger charge is 2.14. The van der Waals surface area contributed by atoms with Crippen molar-refractivity contribution in [2.75, 3.05) is 26.9 Å². The van der Waals surface area contributed by atoms with Crippen molar-refractivity contribution in [1.29, 1.82) is 0 Å². The van der Waals surface area contributed by atoms with Crippen molar-refractivity contribution in [1.82, 2.24) is 5.32 Å². The predicted octanol–water partition coefficient (Wildman–Crippen LogP) is 2.74. The number of carbonyl (C=O) groups excluding carboxylic acids is 3.